The molecule has 1 amide bonds. The maximum Gasteiger partial charge on any atom is 0.236 e. The average molecular weight is 215 g/mol. The summed E-state index contributed by atoms with van der Waals surface area (Å²) >= 11 is 0. The third kappa shape index (κ3) is 4.62. The van der Waals surface area contributed by atoms with E-state index in [4.69, 9.17) is 5.73 Å². The lowest BCUT2D eigenvalue weighted by Gasteiger charge is -2.37. The Morgan fingerprint density at radius 1 is 1.27 bits per heavy atom. The fourth-order valence-electron chi connectivity index (χ4n) is 1.66. The molecule has 0 radical (unpaired) electrons. The van der Waals surface area contributed by atoms with E-state index in [2.05, 4.69) is 20.8 Å². The zero-order chi connectivity index (χ0) is 12.2. The van der Waals surface area contributed by atoms with Crippen LogP contribution in [0.1, 0.15) is 20.8 Å². The van der Waals surface area contributed by atoms with Crippen LogP contribution in [0.3, 0.4) is 0 Å². The van der Waals surface area contributed by atoms with Crippen LogP contribution < -0.4 is 5.73 Å². The zero-order valence-electron chi connectivity index (χ0n) is 10.9. The number of carbonyl (C=O) groups is 1. The number of amides is 1. The standard InChI is InChI=1S/C11H25N3O/c1-11(2,3)9(7-12)14(6)8-10(15)13(4)5/h9H,7-8,12H2,1-6H3. The van der Waals surface area contributed by atoms with Gasteiger partial charge in [0.2, 0.25) is 5.91 Å². The molecule has 4 heteroatoms. The number of nitrogens with two attached hydrogens (primary N) is 1. The summed E-state index contributed by atoms with van der Waals surface area (Å²) in [5.74, 6) is 0.111. The largest absolute Gasteiger partial charge is 0.348 e. The van der Waals surface area contributed by atoms with Crippen LogP contribution in [0.25, 0.3) is 0 Å². The fourth-order valence-corrected chi connectivity index (χ4v) is 1.66. The first-order chi connectivity index (χ1) is 6.70. The summed E-state index contributed by atoms with van der Waals surface area (Å²) in [6, 6.07) is 0.224. The monoisotopic (exact) mass is 215 g/mol. The van der Waals surface area contributed by atoms with Gasteiger partial charge >= 0.3 is 0 Å². The van der Waals surface area contributed by atoms with Gasteiger partial charge < -0.3 is 10.6 Å². The van der Waals surface area contributed by atoms with Gasteiger partial charge in [0, 0.05) is 26.7 Å². The number of likely N-dealkylation sites (N-methyl/N-ethyl adjacent to an activating group) is 2. The van der Waals surface area contributed by atoms with Crippen molar-refractivity contribution >= 4 is 5.91 Å². The Balaban J connectivity index is 4.41. The minimum absolute atomic E-state index is 0.0933. The maximum absolute atomic E-state index is 11.5. The van der Waals surface area contributed by atoms with E-state index in [0.29, 0.717) is 13.1 Å². The average Bonchev–Trinajstić information content (AvgIpc) is 2.01. The van der Waals surface area contributed by atoms with Crippen molar-refractivity contribution in [2.75, 3.05) is 34.2 Å². The Morgan fingerprint density at radius 2 is 1.73 bits per heavy atom. The van der Waals surface area contributed by atoms with Crippen LogP contribution in [-0.2, 0) is 4.79 Å². The van der Waals surface area contributed by atoms with Gasteiger partial charge in [0.15, 0.2) is 0 Å². The normalized spacial score (nSPS) is 14.1. The summed E-state index contributed by atoms with van der Waals surface area (Å²) in [5.41, 5.74) is 5.84. The predicted molar refractivity (Wildman–Crippen MR) is 63.6 cm³/mol. The van der Waals surface area contributed by atoms with Gasteiger partial charge in [0.05, 0.1) is 6.54 Å². The second-order valence-electron chi connectivity index (χ2n) is 5.32. The number of hydrogen-bond acceptors (Lipinski definition) is 3. The first-order valence-electron chi connectivity index (χ1n) is 5.30. The number of carbonyl (C=O) groups excluding carboxylic acids is 1. The molecular formula is C11H25N3O. The molecular weight excluding hydrogens is 190 g/mol. The van der Waals surface area contributed by atoms with Gasteiger partial charge in [0.1, 0.15) is 0 Å². The summed E-state index contributed by atoms with van der Waals surface area (Å²) in [7, 11) is 5.49. The Morgan fingerprint density at radius 3 is 2.00 bits per heavy atom. The van der Waals surface area contributed by atoms with Gasteiger partial charge in [-0.15, -0.1) is 0 Å². The summed E-state index contributed by atoms with van der Waals surface area (Å²) < 4.78 is 0. The highest BCUT2D eigenvalue weighted by Gasteiger charge is 2.28. The molecule has 90 valence electrons. The van der Waals surface area contributed by atoms with E-state index in [1.54, 1.807) is 19.0 Å². The minimum atomic E-state index is 0.0933. The van der Waals surface area contributed by atoms with E-state index in [-0.39, 0.29) is 17.4 Å². The van der Waals surface area contributed by atoms with Gasteiger partial charge in [-0.1, -0.05) is 20.8 Å². The van der Waals surface area contributed by atoms with Gasteiger partial charge in [-0.05, 0) is 12.5 Å². The van der Waals surface area contributed by atoms with Crippen molar-refractivity contribution in [3.05, 3.63) is 0 Å². The molecule has 0 aliphatic rings. The molecule has 0 bridgehead atoms. The van der Waals surface area contributed by atoms with Crippen molar-refractivity contribution in [1.29, 1.82) is 0 Å². The van der Waals surface area contributed by atoms with E-state index in [1.165, 1.54) is 0 Å². The van der Waals surface area contributed by atoms with Gasteiger partial charge in [-0.3, -0.25) is 9.69 Å². The highest BCUT2D eigenvalue weighted by atomic mass is 16.2. The highest BCUT2D eigenvalue weighted by Crippen LogP contribution is 2.22. The molecule has 0 saturated heterocycles. The van der Waals surface area contributed by atoms with Crippen molar-refractivity contribution in [3.63, 3.8) is 0 Å². The third-order valence-electron chi connectivity index (χ3n) is 2.64. The van der Waals surface area contributed by atoms with Crippen molar-refractivity contribution in [1.82, 2.24) is 9.80 Å². The summed E-state index contributed by atoms with van der Waals surface area (Å²) in [4.78, 5) is 15.2. The van der Waals surface area contributed by atoms with Crippen LogP contribution >= 0.6 is 0 Å². The molecule has 0 aliphatic carbocycles. The van der Waals surface area contributed by atoms with Crippen molar-refractivity contribution < 1.29 is 4.79 Å². The molecule has 0 rings (SSSR count). The van der Waals surface area contributed by atoms with Crippen LogP contribution in [0.4, 0.5) is 0 Å². The van der Waals surface area contributed by atoms with Crippen molar-refractivity contribution in [2.45, 2.75) is 26.8 Å². The molecule has 0 aliphatic heterocycles. The lowest BCUT2D eigenvalue weighted by atomic mass is 9.86. The molecule has 0 fully saturated rings. The molecule has 15 heavy (non-hydrogen) atoms. The molecule has 0 heterocycles. The van der Waals surface area contributed by atoms with E-state index in [9.17, 15) is 4.79 Å². The Bertz CT molecular complexity index is 208. The second-order valence-corrected chi connectivity index (χ2v) is 5.32. The van der Waals surface area contributed by atoms with E-state index in [0.717, 1.165) is 0 Å². The highest BCUT2D eigenvalue weighted by molar-refractivity contribution is 5.77. The molecule has 0 aromatic rings. The Kier molecular flexibility index (Phi) is 5.24. The Labute approximate surface area is 93.4 Å². The first-order valence-corrected chi connectivity index (χ1v) is 5.30. The lowest BCUT2D eigenvalue weighted by Crippen LogP contribution is -2.49. The van der Waals surface area contributed by atoms with Crippen molar-refractivity contribution in [2.24, 2.45) is 11.1 Å². The molecule has 1 unspecified atom stereocenters. The van der Waals surface area contributed by atoms with E-state index in [1.807, 2.05) is 11.9 Å². The zero-order valence-corrected chi connectivity index (χ0v) is 10.9. The number of hydrogen-bond donors (Lipinski definition) is 1. The molecule has 2 N–H and O–H groups in total. The molecule has 1 atom stereocenters. The smallest absolute Gasteiger partial charge is 0.236 e. The topological polar surface area (TPSA) is 49.6 Å². The van der Waals surface area contributed by atoms with E-state index < -0.39 is 0 Å². The van der Waals surface area contributed by atoms with Crippen LogP contribution in [0.5, 0.6) is 0 Å². The summed E-state index contributed by atoms with van der Waals surface area (Å²) in [6.07, 6.45) is 0. The van der Waals surface area contributed by atoms with Crippen LogP contribution in [0, 0.1) is 5.41 Å². The number of rotatable bonds is 4. The van der Waals surface area contributed by atoms with E-state index >= 15 is 0 Å². The number of nitrogens with zero attached hydrogens (tertiary/aromatic N) is 2. The minimum Gasteiger partial charge on any atom is -0.348 e. The van der Waals surface area contributed by atoms with Crippen molar-refractivity contribution in [3.8, 4) is 0 Å². The molecule has 0 aromatic heterocycles. The molecule has 4 nitrogen and oxygen atoms in total. The van der Waals surface area contributed by atoms with Gasteiger partial charge in [0.25, 0.3) is 0 Å². The van der Waals surface area contributed by atoms with Gasteiger partial charge in [-0.25, -0.2) is 0 Å². The van der Waals surface area contributed by atoms with Crippen LogP contribution in [0.2, 0.25) is 0 Å². The second kappa shape index (κ2) is 5.47. The summed E-state index contributed by atoms with van der Waals surface area (Å²) in [5, 5.41) is 0. The molecule has 0 aromatic carbocycles. The van der Waals surface area contributed by atoms with Crippen LogP contribution in [-0.4, -0.2) is 56.0 Å². The van der Waals surface area contributed by atoms with Gasteiger partial charge in [-0.2, -0.15) is 0 Å². The third-order valence-corrected chi connectivity index (χ3v) is 2.64. The SMILES string of the molecule is CN(C)C(=O)CN(C)C(CN)C(C)(C)C. The van der Waals surface area contributed by atoms with Crippen LogP contribution in [0.15, 0.2) is 0 Å². The molecule has 0 spiro atoms. The fraction of sp³-hybridized carbons (Fsp3) is 0.909. The maximum atomic E-state index is 11.5. The lowest BCUT2D eigenvalue weighted by molar-refractivity contribution is -0.130. The predicted octanol–water partition coefficient (Wildman–Crippen LogP) is 0.380. The quantitative estimate of drug-likeness (QED) is 0.737. The molecule has 0 saturated carbocycles. The first kappa shape index (κ1) is 14.4. The summed E-state index contributed by atoms with van der Waals surface area (Å²) in [6.45, 7) is 7.41. The Hall–Kier alpha value is -0.610.